The van der Waals surface area contributed by atoms with Crippen molar-refractivity contribution >= 4 is 17.3 Å². The van der Waals surface area contributed by atoms with Gasteiger partial charge in [-0.15, -0.1) is 6.42 Å². The third-order valence-electron chi connectivity index (χ3n) is 2.69. The van der Waals surface area contributed by atoms with Gasteiger partial charge in [0.25, 0.3) is 5.56 Å². The van der Waals surface area contributed by atoms with E-state index < -0.39 is 0 Å². The Morgan fingerprint density at radius 3 is 2.89 bits per heavy atom. The third-order valence-corrected chi connectivity index (χ3v) is 2.98. The van der Waals surface area contributed by atoms with E-state index in [4.69, 9.17) is 18.0 Å². The van der Waals surface area contributed by atoms with Crippen LogP contribution in [-0.2, 0) is 6.54 Å². The van der Waals surface area contributed by atoms with Crippen LogP contribution in [0.15, 0.2) is 11.0 Å². The standard InChI is InChI=1S/C12H17ClN4O/c1-5-6-17-12(18)11(10(13)8-15-17)14-7-9(2)16(3)4/h1,8-9,14H,6-7H2,2-4H3. The number of nitrogens with zero attached hydrogens (tertiary/aromatic N) is 3. The van der Waals surface area contributed by atoms with Gasteiger partial charge in [-0.2, -0.15) is 5.10 Å². The Labute approximate surface area is 112 Å². The first-order valence-corrected chi connectivity index (χ1v) is 5.94. The van der Waals surface area contributed by atoms with E-state index in [2.05, 4.69) is 16.3 Å². The average Bonchev–Trinajstić information content (AvgIpc) is 2.32. The highest BCUT2D eigenvalue weighted by Gasteiger charge is 2.11. The Bertz CT molecular complexity index is 504. The maximum absolute atomic E-state index is 12.0. The molecule has 6 heteroatoms. The molecule has 1 atom stereocenters. The van der Waals surface area contributed by atoms with E-state index in [0.29, 0.717) is 17.3 Å². The lowest BCUT2D eigenvalue weighted by Crippen LogP contribution is -2.34. The highest BCUT2D eigenvalue weighted by Crippen LogP contribution is 2.15. The highest BCUT2D eigenvalue weighted by atomic mass is 35.5. The number of hydrogen-bond acceptors (Lipinski definition) is 4. The molecule has 1 N–H and O–H groups in total. The van der Waals surface area contributed by atoms with Gasteiger partial charge in [-0.1, -0.05) is 17.5 Å². The summed E-state index contributed by atoms with van der Waals surface area (Å²) in [7, 11) is 3.94. The van der Waals surface area contributed by atoms with Crippen molar-refractivity contribution in [3.8, 4) is 12.3 Å². The van der Waals surface area contributed by atoms with Gasteiger partial charge in [-0.3, -0.25) is 4.79 Å². The van der Waals surface area contributed by atoms with Gasteiger partial charge in [-0.05, 0) is 21.0 Å². The molecule has 1 unspecified atom stereocenters. The summed E-state index contributed by atoms with van der Waals surface area (Å²) in [5.41, 5.74) is 0.0435. The lowest BCUT2D eigenvalue weighted by molar-refractivity contribution is 0.326. The quantitative estimate of drug-likeness (QED) is 0.806. The Hall–Kier alpha value is -1.51. The van der Waals surface area contributed by atoms with Crippen molar-refractivity contribution in [1.82, 2.24) is 14.7 Å². The monoisotopic (exact) mass is 268 g/mol. The predicted molar refractivity (Wildman–Crippen MR) is 74.0 cm³/mol. The molecule has 1 rings (SSSR count). The molecule has 98 valence electrons. The zero-order valence-electron chi connectivity index (χ0n) is 10.8. The van der Waals surface area contributed by atoms with Crippen molar-refractivity contribution in [2.45, 2.75) is 19.5 Å². The normalized spacial score (nSPS) is 12.2. The number of nitrogens with one attached hydrogen (secondary N) is 1. The number of hydrogen-bond donors (Lipinski definition) is 1. The van der Waals surface area contributed by atoms with Crippen LogP contribution in [0.25, 0.3) is 0 Å². The number of anilines is 1. The van der Waals surface area contributed by atoms with Gasteiger partial charge in [0.1, 0.15) is 12.2 Å². The molecular formula is C12H17ClN4O. The summed E-state index contributed by atoms with van der Waals surface area (Å²) in [6.45, 7) is 2.79. The molecule has 1 aromatic heterocycles. The van der Waals surface area contributed by atoms with Crippen molar-refractivity contribution in [2.24, 2.45) is 0 Å². The molecule has 0 bridgehead atoms. The lowest BCUT2D eigenvalue weighted by Gasteiger charge is -2.20. The fraction of sp³-hybridized carbons (Fsp3) is 0.500. The summed E-state index contributed by atoms with van der Waals surface area (Å²) >= 11 is 5.96. The Balaban J connectivity index is 2.92. The van der Waals surface area contributed by atoms with Gasteiger partial charge >= 0.3 is 0 Å². The number of likely N-dealkylation sites (N-methyl/N-ethyl adjacent to an activating group) is 1. The molecule has 1 heterocycles. The van der Waals surface area contributed by atoms with Gasteiger partial charge in [0.05, 0.1) is 11.2 Å². The molecule has 0 radical (unpaired) electrons. The second-order valence-corrected chi connectivity index (χ2v) is 4.64. The van der Waals surface area contributed by atoms with Crippen molar-refractivity contribution in [1.29, 1.82) is 0 Å². The summed E-state index contributed by atoms with van der Waals surface area (Å²) in [5, 5.41) is 7.22. The first kappa shape index (κ1) is 14.6. The second-order valence-electron chi connectivity index (χ2n) is 4.23. The van der Waals surface area contributed by atoms with Gasteiger partial charge < -0.3 is 10.2 Å². The molecule has 0 saturated carbocycles. The molecule has 0 aromatic carbocycles. The van der Waals surface area contributed by atoms with Crippen LogP contribution in [0.5, 0.6) is 0 Å². The number of terminal acetylenes is 1. The molecule has 0 aliphatic carbocycles. The molecule has 0 aliphatic rings. The van der Waals surface area contributed by atoms with E-state index in [9.17, 15) is 4.79 Å². The van der Waals surface area contributed by atoms with Crippen LogP contribution in [-0.4, -0.2) is 41.4 Å². The van der Waals surface area contributed by atoms with E-state index in [1.807, 2.05) is 25.9 Å². The van der Waals surface area contributed by atoms with Crippen LogP contribution < -0.4 is 10.9 Å². The zero-order valence-corrected chi connectivity index (χ0v) is 11.5. The molecule has 0 amide bonds. The summed E-state index contributed by atoms with van der Waals surface area (Å²) < 4.78 is 1.20. The number of rotatable bonds is 5. The van der Waals surface area contributed by atoms with E-state index in [1.165, 1.54) is 10.9 Å². The zero-order chi connectivity index (χ0) is 13.7. The van der Waals surface area contributed by atoms with Crippen LogP contribution in [0.4, 0.5) is 5.69 Å². The molecular weight excluding hydrogens is 252 g/mol. The lowest BCUT2D eigenvalue weighted by atomic mass is 10.3. The van der Waals surface area contributed by atoms with Crippen LogP contribution in [0.2, 0.25) is 5.02 Å². The molecule has 1 aromatic rings. The van der Waals surface area contributed by atoms with E-state index in [1.54, 1.807) is 0 Å². The predicted octanol–water partition coefficient (Wildman–Crippen LogP) is 0.892. The van der Waals surface area contributed by atoms with Crippen LogP contribution in [0.1, 0.15) is 6.92 Å². The number of aromatic nitrogens is 2. The highest BCUT2D eigenvalue weighted by molar-refractivity contribution is 6.32. The van der Waals surface area contributed by atoms with Crippen LogP contribution >= 0.6 is 11.6 Å². The van der Waals surface area contributed by atoms with Gasteiger partial charge in [0.15, 0.2) is 0 Å². The smallest absolute Gasteiger partial charge is 0.292 e. The molecule has 5 nitrogen and oxygen atoms in total. The van der Waals surface area contributed by atoms with Crippen molar-refractivity contribution in [3.05, 3.63) is 21.6 Å². The van der Waals surface area contributed by atoms with Gasteiger partial charge in [-0.25, -0.2) is 4.68 Å². The summed E-state index contributed by atoms with van der Waals surface area (Å²) in [6, 6.07) is 0.273. The van der Waals surface area contributed by atoms with Crippen LogP contribution in [0, 0.1) is 12.3 Å². The first-order valence-electron chi connectivity index (χ1n) is 5.56. The maximum atomic E-state index is 12.0. The molecule has 0 saturated heterocycles. The third kappa shape index (κ3) is 3.49. The number of halogens is 1. The van der Waals surface area contributed by atoms with Gasteiger partial charge in [0, 0.05) is 12.6 Å². The Kier molecular flexibility index (Phi) is 5.20. The minimum atomic E-state index is -0.300. The maximum Gasteiger partial charge on any atom is 0.292 e. The molecule has 18 heavy (non-hydrogen) atoms. The summed E-state index contributed by atoms with van der Waals surface area (Å²) in [6.07, 6.45) is 6.59. The Morgan fingerprint density at radius 1 is 1.67 bits per heavy atom. The Morgan fingerprint density at radius 2 is 2.33 bits per heavy atom. The van der Waals surface area contributed by atoms with Crippen molar-refractivity contribution in [3.63, 3.8) is 0 Å². The fourth-order valence-electron chi connectivity index (χ4n) is 1.26. The van der Waals surface area contributed by atoms with E-state index in [-0.39, 0.29) is 18.1 Å². The van der Waals surface area contributed by atoms with E-state index in [0.717, 1.165) is 0 Å². The topological polar surface area (TPSA) is 50.2 Å². The van der Waals surface area contributed by atoms with Crippen molar-refractivity contribution < 1.29 is 0 Å². The van der Waals surface area contributed by atoms with E-state index >= 15 is 0 Å². The van der Waals surface area contributed by atoms with Crippen molar-refractivity contribution in [2.75, 3.05) is 26.0 Å². The van der Waals surface area contributed by atoms with Gasteiger partial charge in [0.2, 0.25) is 0 Å². The first-order chi connectivity index (χ1) is 8.47. The summed E-state index contributed by atoms with van der Waals surface area (Å²) in [5.74, 6) is 2.38. The van der Waals surface area contributed by atoms with Crippen LogP contribution in [0.3, 0.4) is 0 Å². The average molecular weight is 269 g/mol. The molecule has 0 fully saturated rings. The fourth-order valence-corrected chi connectivity index (χ4v) is 1.45. The minimum Gasteiger partial charge on any atom is -0.378 e. The second kappa shape index (κ2) is 6.43. The SMILES string of the molecule is C#CCn1ncc(Cl)c(NCC(C)N(C)C)c1=O. The molecule has 0 spiro atoms. The molecule has 0 aliphatic heterocycles. The summed E-state index contributed by atoms with van der Waals surface area (Å²) in [4.78, 5) is 14.1. The minimum absolute atomic E-state index is 0.133. The largest absolute Gasteiger partial charge is 0.378 e.